The molecule has 0 aliphatic heterocycles. The second kappa shape index (κ2) is 7.92. The fourth-order valence-electron chi connectivity index (χ4n) is 1.65. The van der Waals surface area contributed by atoms with Gasteiger partial charge in [0.05, 0.1) is 0 Å². The molecule has 23 heavy (non-hydrogen) atoms. The van der Waals surface area contributed by atoms with Gasteiger partial charge in [0.15, 0.2) is 6.61 Å². The van der Waals surface area contributed by atoms with Crippen molar-refractivity contribution in [3.05, 3.63) is 35.9 Å². The summed E-state index contributed by atoms with van der Waals surface area (Å²) in [5.74, 6) is -1.92. The quantitative estimate of drug-likeness (QED) is 0.636. The van der Waals surface area contributed by atoms with Crippen molar-refractivity contribution in [2.75, 3.05) is 13.2 Å². The summed E-state index contributed by atoms with van der Waals surface area (Å²) in [4.78, 5) is 45.8. The third-order valence-electron chi connectivity index (χ3n) is 2.96. The molecule has 8 nitrogen and oxygen atoms in total. The summed E-state index contributed by atoms with van der Waals surface area (Å²) >= 11 is 0. The Morgan fingerprint density at radius 2 is 1.78 bits per heavy atom. The Morgan fingerprint density at radius 1 is 1.09 bits per heavy atom. The average molecular weight is 319 g/mol. The summed E-state index contributed by atoms with van der Waals surface area (Å²) < 4.78 is 4.67. The highest BCUT2D eigenvalue weighted by Gasteiger charge is 2.24. The van der Waals surface area contributed by atoms with Crippen LogP contribution in [0.15, 0.2) is 30.3 Å². The Kier molecular flexibility index (Phi) is 5.67. The van der Waals surface area contributed by atoms with E-state index < -0.39 is 30.4 Å². The highest BCUT2D eigenvalue weighted by Crippen LogP contribution is 2.18. The van der Waals surface area contributed by atoms with Gasteiger partial charge in [0.25, 0.3) is 11.8 Å². The minimum absolute atomic E-state index is 0.124. The van der Waals surface area contributed by atoms with E-state index >= 15 is 0 Å². The van der Waals surface area contributed by atoms with E-state index in [-0.39, 0.29) is 12.6 Å². The molecule has 0 atom stereocenters. The molecular weight excluding hydrogens is 302 g/mol. The Morgan fingerprint density at radius 3 is 2.43 bits per heavy atom. The number of hydrogen-bond donors (Lipinski definition) is 3. The van der Waals surface area contributed by atoms with Crippen molar-refractivity contribution in [3.63, 3.8) is 0 Å². The van der Waals surface area contributed by atoms with E-state index in [9.17, 15) is 19.2 Å². The van der Waals surface area contributed by atoms with Crippen molar-refractivity contribution >= 4 is 23.8 Å². The smallest absolute Gasteiger partial charge is 0.325 e. The molecule has 1 fully saturated rings. The molecule has 0 spiro atoms. The first-order chi connectivity index (χ1) is 11.0. The largest absolute Gasteiger partial charge is 0.454 e. The molecule has 0 unspecified atom stereocenters. The normalized spacial score (nSPS) is 12.9. The maximum atomic E-state index is 11.7. The number of urea groups is 1. The van der Waals surface area contributed by atoms with Gasteiger partial charge in [-0.3, -0.25) is 19.7 Å². The van der Waals surface area contributed by atoms with Gasteiger partial charge in [-0.1, -0.05) is 18.2 Å². The minimum Gasteiger partial charge on any atom is -0.454 e. The lowest BCUT2D eigenvalue weighted by molar-refractivity contribution is -0.147. The highest BCUT2D eigenvalue weighted by atomic mass is 16.5. The predicted octanol–water partition coefficient (Wildman–Crippen LogP) is -0.0522. The minimum atomic E-state index is -0.771. The zero-order valence-corrected chi connectivity index (χ0v) is 12.3. The Bertz CT molecular complexity index is 598. The third-order valence-corrected chi connectivity index (χ3v) is 2.96. The van der Waals surface area contributed by atoms with Crippen LogP contribution < -0.4 is 16.0 Å². The van der Waals surface area contributed by atoms with E-state index in [4.69, 9.17) is 0 Å². The molecule has 0 saturated heterocycles. The van der Waals surface area contributed by atoms with E-state index in [0.29, 0.717) is 5.56 Å². The number of carbonyl (C=O) groups is 4. The van der Waals surface area contributed by atoms with Crippen molar-refractivity contribution in [1.29, 1.82) is 0 Å². The van der Waals surface area contributed by atoms with Crippen LogP contribution in [-0.2, 0) is 14.3 Å². The fraction of sp³-hybridized carbons (Fsp3) is 0.333. The average Bonchev–Trinajstić information content (AvgIpc) is 3.35. The Hall–Kier alpha value is -2.90. The second-order valence-electron chi connectivity index (χ2n) is 5.01. The molecule has 0 heterocycles. The molecule has 8 heteroatoms. The molecule has 4 amide bonds. The van der Waals surface area contributed by atoms with Gasteiger partial charge in [0.2, 0.25) is 0 Å². The van der Waals surface area contributed by atoms with Crippen molar-refractivity contribution in [3.8, 4) is 0 Å². The molecular formula is C15H17N3O5. The van der Waals surface area contributed by atoms with Crippen molar-refractivity contribution in [1.82, 2.24) is 16.0 Å². The number of imide groups is 1. The van der Waals surface area contributed by atoms with Crippen LogP contribution in [0.3, 0.4) is 0 Å². The lowest BCUT2D eigenvalue weighted by Crippen LogP contribution is -2.42. The van der Waals surface area contributed by atoms with Gasteiger partial charge >= 0.3 is 12.0 Å². The van der Waals surface area contributed by atoms with Crippen LogP contribution in [0.1, 0.15) is 23.2 Å². The van der Waals surface area contributed by atoms with E-state index in [1.165, 1.54) is 0 Å². The number of nitrogens with one attached hydrogen (secondary N) is 3. The number of ether oxygens (including phenoxy) is 1. The number of benzene rings is 1. The maximum Gasteiger partial charge on any atom is 0.325 e. The van der Waals surface area contributed by atoms with Gasteiger partial charge in [-0.2, -0.15) is 0 Å². The van der Waals surface area contributed by atoms with Crippen molar-refractivity contribution < 1.29 is 23.9 Å². The standard InChI is InChI=1S/C15H17N3O5/c19-12(18-15(22)17-11-6-7-11)9-23-13(20)8-16-14(21)10-4-2-1-3-5-10/h1-5,11H,6-9H2,(H,16,21)(H2,17,18,19,22). The maximum absolute atomic E-state index is 11.7. The van der Waals surface area contributed by atoms with Crippen molar-refractivity contribution in [2.45, 2.75) is 18.9 Å². The number of carbonyl (C=O) groups excluding carboxylic acids is 4. The monoisotopic (exact) mass is 319 g/mol. The summed E-state index contributed by atoms with van der Waals surface area (Å²) in [5.41, 5.74) is 0.412. The lowest BCUT2D eigenvalue weighted by Gasteiger charge is -2.07. The summed E-state index contributed by atoms with van der Waals surface area (Å²) in [6.07, 6.45) is 1.80. The van der Waals surface area contributed by atoms with Crippen LogP contribution >= 0.6 is 0 Å². The molecule has 122 valence electrons. The Balaban J connectivity index is 1.61. The van der Waals surface area contributed by atoms with Gasteiger partial charge in [-0.15, -0.1) is 0 Å². The first-order valence-electron chi connectivity index (χ1n) is 7.14. The summed E-state index contributed by atoms with van der Waals surface area (Å²) in [6, 6.07) is 7.89. The molecule has 1 aromatic rings. The number of amides is 4. The molecule has 1 aliphatic carbocycles. The van der Waals surface area contributed by atoms with E-state index in [2.05, 4.69) is 15.4 Å². The molecule has 0 bridgehead atoms. The SMILES string of the molecule is O=C(COC(=O)CNC(=O)c1ccccc1)NC(=O)NC1CC1. The third kappa shape index (κ3) is 6.16. The first-order valence-corrected chi connectivity index (χ1v) is 7.14. The van der Waals surface area contributed by atoms with Crippen LogP contribution in [0.4, 0.5) is 4.79 Å². The van der Waals surface area contributed by atoms with Gasteiger partial charge in [-0.05, 0) is 25.0 Å². The molecule has 1 aliphatic rings. The summed E-state index contributed by atoms with van der Waals surface area (Å²) in [5, 5.41) is 6.98. The second-order valence-corrected chi connectivity index (χ2v) is 5.01. The predicted molar refractivity (Wildman–Crippen MR) is 79.4 cm³/mol. The zero-order valence-electron chi connectivity index (χ0n) is 12.3. The van der Waals surface area contributed by atoms with Crippen LogP contribution in [0.25, 0.3) is 0 Å². The fourth-order valence-corrected chi connectivity index (χ4v) is 1.65. The number of esters is 1. The lowest BCUT2D eigenvalue weighted by atomic mass is 10.2. The zero-order chi connectivity index (χ0) is 16.7. The highest BCUT2D eigenvalue weighted by molar-refractivity contribution is 5.97. The van der Waals surface area contributed by atoms with E-state index in [1.807, 2.05) is 5.32 Å². The van der Waals surface area contributed by atoms with Gasteiger partial charge in [0, 0.05) is 11.6 Å². The molecule has 2 rings (SSSR count). The van der Waals surface area contributed by atoms with Gasteiger partial charge in [0.1, 0.15) is 6.54 Å². The summed E-state index contributed by atoms with van der Waals surface area (Å²) in [7, 11) is 0. The van der Waals surface area contributed by atoms with Crippen LogP contribution in [0.2, 0.25) is 0 Å². The molecule has 1 saturated carbocycles. The van der Waals surface area contributed by atoms with Crippen molar-refractivity contribution in [2.24, 2.45) is 0 Å². The molecule has 0 radical (unpaired) electrons. The van der Waals surface area contributed by atoms with E-state index in [0.717, 1.165) is 12.8 Å². The van der Waals surface area contributed by atoms with Gasteiger partial charge in [-0.25, -0.2) is 4.79 Å². The molecule has 3 N–H and O–H groups in total. The van der Waals surface area contributed by atoms with E-state index in [1.54, 1.807) is 30.3 Å². The van der Waals surface area contributed by atoms with Crippen LogP contribution in [0, 0.1) is 0 Å². The van der Waals surface area contributed by atoms with Crippen LogP contribution in [-0.4, -0.2) is 43.0 Å². The number of hydrogen-bond acceptors (Lipinski definition) is 5. The van der Waals surface area contributed by atoms with Crippen LogP contribution in [0.5, 0.6) is 0 Å². The van der Waals surface area contributed by atoms with Gasteiger partial charge < -0.3 is 15.4 Å². The Labute approximate surface area is 132 Å². The number of rotatable bonds is 6. The molecule has 1 aromatic carbocycles. The first kappa shape index (κ1) is 16.5. The molecule has 0 aromatic heterocycles. The summed E-state index contributed by atoms with van der Waals surface area (Å²) in [6.45, 7) is -0.951. The topological polar surface area (TPSA) is 114 Å².